The van der Waals surface area contributed by atoms with Crippen molar-refractivity contribution in [3.05, 3.63) is 24.5 Å². The molecule has 26 heavy (non-hydrogen) atoms. The summed E-state index contributed by atoms with van der Waals surface area (Å²) in [5.41, 5.74) is 0.780. The van der Waals surface area contributed by atoms with Crippen molar-refractivity contribution in [1.29, 1.82) is 0 Å². The molecule has 8 nitrogen and oxygen atoms in total. The van der Waals surface area contributed by atoms with E-state index >= 15 is 0 Å². The summed E-state index contributed by atoms with van der Waals surface area (Å²) in [7, 11) is 0. The monoisotopic (exact) mass is 359 g/mol. The lowest BCUT2D eigenvalue weighted by molar-refractivity contribution is -0.123. The van der Waals surface area contributed by atoms with Crippen LogP contribution in [-0.2, 0) is 9.53 Å². The van der Waals surface area contributed by atoms with E-state index in [-0.39, 0.29) is 18.1 Å². The van der Waals surface area contributed by atoms with Gasteiger partial charge in [-0.15, -0.1) is 0 Å². The first kappa shape index (κ1) is 17.2. The number of ether oxygens (including phenoxy) is 2. The number of amides is 1. The van der Waals surface area contributed by atoms with Crippen LogP contribution in [0.25, 0.3) is 5.65 Å². The molecular weight excluding hydrogens is 334 g/mol. The number of carbonyl (C=O) groups is 1. The summed E-state index contributed by atoms with van der Waals surface area (Å²) in [6.07, 6.45) is 7.83. The van der Waals surface area contributed by atoms with E-state index in [1.165, 1.54) is 0 Å². The molecule has 4 heterocycles. The van der Waals surface area contributed by atoms with Crippen LogP contribution in [0.5, 0.6) is 5.88 Å². The van der Waals surface area contributed by atoms with Crippen LogP contribution in [0.4, 0.5) is 0 Å². The molecule has 2 aromatic heterocycles. The molecule has 2 fully saturated rings. The first-order valence-electron chi connectivity index (χ1n) is 9.34. The standard InChI is InChI=1S/C18H25N5O3/c24-17(19-12-15-2-1-11-25-15)13-22-8-4-14(5-9-22)26-18-6-10-23-16(21-18)3-7-20-23/h3,6-7,10,14-15H,1-2,4-5,8-9,11-13H2,(H,19,24). The van der Waals surface area contributed by atoms with Crippen molar-refractivity contribution >= 4 is 11.6 Å². The average Bonchev–Trinajstić information content (AvgIpc) is 3.33. The summed E-state index contributed by atoms with van der Waals surface area (Å²) >= 11 is 0. The van der Waals surface area contributed by atoms with Crippen LogP contribution < -0.4 is 10.1 Å². The van der Waals surface area contributed by atoms with Crippen LogP contribution in [0.2, 0.25) is 0 Å². The van der Waals surface area contributed by atoms with Crippen LogP contribution in [0.1, 0.15) is 25.7 Å². The number of fused-ring (bicyclic) bond motifs is 1. The van der Waals surface area contributed by atoms with Crippen molar-refractivity contribution < 1.29 is 14.3 Å². The number of hydrogen-bond acceptors (Lipinski definition) is 6. The smallest absolute Gasteiger partial charge is 0.234 e. The Morgan fingerprint density at radius 3 is 3.00 bits per heavy atom. The Morgan fingerprint density at radius 1 is 1.31 bits per heavy atom. The van der Waals surface area contributed by atoms with Crippen molar-refractivity contribution in [2.24, 2.45) is 0 Å². The maximum atomic E-state index is 12.1. The van der Waals surface area contributed by atoms with E-state index in [0.717, 1.165) is 51.0 Å². The van der Waals surface area contributed by atoms with Gasteiger partial charge in [0.25, 0.3) is 0 Å². The number of rotatable bonds is 6. The van der Waals surface area contributed by atoms with Crippen molar-refractivity contribution in [3.8, 4) is 5.88 Å². The largest absolute Gasteiger partial charge is 0.474 e. The molecule has 1 amide bonds. The number of likely N-dealkylation sites (tertiary alicyclic amines) is 1. The molecule has 4 rings (SSSR count). The Bertz CT molecular complexity index is 735. The third-order valence-corrected chi connectivity index (χ3v) is 4.97. The molecule has 2 saturated heterocycles. The molecule has 0 aromatic carbocycles. The second kappa shape index (κ2) is 8.01. The molecular formula is C18H25N5O3. The summed E-state index contributed by atoms with van der Waals surface area (Å²) in [5.74, 6) is 0.707. The predicted molar refractivity (Wildman–Crippen MR) is 95.1 cm³/mol. The molecule has 0 saturated carbocycles. The number of hydrogen-bond donors (Lipinski definition) is 1. The van der Waals surface area contributed by atoms with E-state index in [4.69, 9.17) is 9.47 Å². The van der Waals surface area contributed by atoms with Gasteiger partial charge in [-0.1, -0.05) is 0 Å². The molecule has 2 aliphatic heterocycles. The summed E-state index contributed by atoms with van der Waals surface area (Å²) in [5, 5.41) is 7.11. The van der Waals surface area contributed by atoms with Crippen molar-refractivity contribution in [2.75, 3.05) is 32.8 Å². The second-order valence-corrected chi connectivity index (χ2v) is 6.93. The highest BCUT2D eigenvalue weighted by Crippen LogP contribution is 2.18. The minimum atomic E-state index is 0.0766. The normalized spacial score (nSPS) is 21.9. The van der Waals surface area contributed by atoms with Crippen LogP contribution >= 0.6 is 0 Å². The zero-order chi connectivity index (χ0) is 17.8. The van der Waals surface area contributed by atoms with Gasteiger partial charge >= 0.3 is 0 Å². The Labute approximate surface area is 152 Å². The van der Waals surface area contributed by atoms with Gasteiger partial charge in [-0.05, 0) is 25.7 Å². The highest BCUT2D eigenvalue weighted by atomic mass is 16.5. The van der Waals surface area contributed by atoms with E-state index in [1.807, 2.05) is 18.3 Å². The molecule has 8 heteroatoms. The van der Waals surface area contributed by atoms with Crippen LogP contribution in [0.3, 0.4) is 0 Å². The first-order valence-corrected chi connectivity index (χ1v) is 9.34. The molecule has 2 aromatic rings. The van der Waals surface area contributed by atoms with E-state index in [9.17, 15) is 4.79 Å². The lowest BCUT2D eigenvalue weighted by Crippen LogP contribution is -2.45. The fourth-order valence-corrected chi connectivity index (χ4v) is 3.51. The van der Waals surface area contributed by atoms with Gasteiger partial charge in [0.2, 0.25) is 11.8 Å². The Balaban J connectivity index is 1.19. The third kappa shape index (κ3) is 4.31. The highest BCUT2D eigenvalue weighted by molar-refractivity contribution is 5.78. The zero-order valence-electron chi connectivity index (χ0n) is 14.8. The number of piperidine rings is 1. The van der Waals surface area contributed by atoms with Crippen molar-refractivity contribution in [2.45, 2.75) is 37.9 Å². The Hall–Kier alpha value is -2.19. The van der Waals surface area contributed by atoms with Crippen molar-refractivity contribution in [3.63, 3.8) is 0 Å². The predicted octanol–water partition coefficient (Wildman–Crippen LogP) is 0.868. The van der Waals surface area contributed by atoms with Crippen LogP contribution in [0, 0.1) is 0 Å². The number of carbonyl (C=O) groups excluding carboxylic acids is 1. The number of aromatic nitrogens is 3. The molecule has 0 bridgehead atoms. The van der Waals surface area contributed by atoms with Gasteiger partial charge in [-0.2, -0.15) is 10.1 Å². The Morgan fingerprint density at radius 2 is 2.19 bits per heavy atom. The Kier molecular flexibility index (Phi) is 5.31. The maximum absolute atomic E-state index is 12.1. The van der Waals surface area contributed by atoms with Crippen LogP contribution in [0.15, 0.2) is 24.5 Å². The minimum Gasteiger partial charge on any atom is -0.474 e. The van der Waals surface area contributed by atoms with Gasteiger partial charge in [-0.25, -0.2) is 4.52 Å². The topological polar surface area (TPSA) is 81.0 Å². The molecule has 1 atom stereocenters. The molecule has 140 valence electrons. The third-order valence-electron chi connectivity index (χ3n) is 4.97. The van der Waals surface area contributed by atoms with E-state index in [2.05, 4.69) is 20.3 Å². The minimum absolute atomic E-state index is 0.0766. The number of nitrogens with zero attached hydrogens (tertiary/aromatic N) is 4. The zero-order valence-corrected chi connectivity index (χ0v) is 14.8. The maximum Gasteiger partial charge on any atom is 0.234 e. The summed E-state index contributed by atoms with van der Waals surface area (Å²) in [6.45, 7) is 3.59. The summed E-state index contributed by atoms with van der Waals surface area (Å²) in [6, 6.07) is 3.69. The van der Waals surface area contributed by atoms with Gasteiger partial charge in [-0.3, -0.25) is 9.69 Å². The van der Waals surface area contributed by atoms with Gasteiger partial charge in [0.15, 0.2) is 5.65 Å². The molecule has 2 aliphatic rings. The molecule has 0 radical (unpaired) electrons. The molecule has 1 N–H and O–H groups in total. The van der Waals surface area contributed by atoms with Gasteiger partial charge in [0, 0.05) is 44.6 Å². The van der Waals surface area contributed by atoms with E-state index < -0.39 is 0 Å². The van der Waals surface area contributed by atoms with Gasteiger partial charge in [0.05, 0.1) is 18.8 Å². The van der Waals surface area contributed by atoms with Gasteiger partial charge in [0.1, 0.15) is 6.10 Å². The van der Waals surface area contributed by atoms with Gasteiger partial charge < -0.3 is 14.8 Å². The molecule has 1 unspecified atom stereocenters. The fourth-order valence-electron chi connectivity index (χ4n) is 3.51. The molecule has 0 spiro atoms. The number of nitrogens with one attached hydrogen (secondary N) is 1. The van der Waals surface area contributed by atoms with E-state index in [1.54, 1.807) is 10.7 Å². The van der Waals surface area contributed by atoms with Crippen molar-refractivity contribution in [1.82, 2.24) is 24.8 Å². The van der Waals surface area contributed by atoms with Crippen LogP contribution in [-0.4, -0.2) is 70.4 Å². The highest BCUT2D eigenvalue weighted by Gasteiger charge is 2.23. The quantitative estimate of drug-likeness (QED) is 0.824. The SMILES string of the molecule is O=C(CN1CCC(Oc2ccn3nccc3n2)CC1)NCC1CCCO1. The lowest BCUT2D eigenvalue weighted by atomic mass is 10.1. The first-order chi connectivity index (χ1) is 12.8. The fraction of sp³-hybridized carbons (Fsp3) is 0.611. The lowest BCUT2D eigenvalue weighted by Gasteiger charge is -2.31. The average molecular weight is 359 g/mol. The summed E-state index contributed by atoms with van der Waals surface area (Å²) in [4.78, 5) is 18.7. The van der Waals surface area contributed by atoms with E-state index in [0.29, 0.717) is 19.0 Å². The molecule has 0 aliphatic carbocycles. The second-order valence-electron chi connectivity index (χ2n) is 6.93. The summed E-state index contributed by atoms with van der Waals surface area (Å²) < 4.78 is 13.2.